The number of rotatable bonds is 4. The second-order valence-corrected chi connectivity index (χ2v) is 4.41. The summed E-state index contributed by atoms with van der Waals surface area (Å²) in [5.74, 6) is -1.00. The summed E-state index contributed by atoms with van der Waals surface area (Å²) in [6.45, 7) is 1.28. The van der Waals surface area contributed by atoms with Gasteiger partial charge in [0.15, 0.2) is 5.78 Å². The van der Waals surface area contributed by atoms with Gasteiger partial charge in [-0.05, 0) is 30.7 Å². The molecule has 1 aromatic rings. The normalized spacial score (nSPS) is 14.8. The molecular formula is C13H14N4O3. The van der Waals surface area contributed by atoms with Crippen LogP contribution >= 0.6 is 0 Å². The summed E-state index contributed by atoms with van der Waals surface area (Å²) >= 11 is 0. The summed E-state index contributed by atoms with van der Waals surface area (Å²) in [5.41, 5.74) is 2.07. The minimum atomic E-state index is -1.15. The molecule has 2 rings (SSSR count). The van der Waals surface area contributed by atoms with Gasteiger partial charge < -0.3 is 10.6 Å². The highest BCUT2D eigenvalue weighted by molar-refractivity contribution is 6.10. The maximum atomic E-state index is 11.9. The molecule has 1 heterocycles. The molecule has 0 radical (unpaired) electrons. The number of hydrogen-bond donors (Lipinski definition) is 2. The summed E-state index contributed by atoms with van der Waals surface area (Å²) in [5, 5.41) is 12.4. The van der Waals surface area contributed by atoms with Crippen LogP contribution < -0.4 is 10.6 Å². The van der Waals surface area contributed by atoms with E-state index in [9.17, 15) is 14.4 Å². The third kappa shape index (κ3) is 2.87. The van der Waals surface area contributed by atoms with Crippen molar-refractivity contribution >= 4 is 29.0 Å². The molecule has 0 bridgehead atoms. The van der Waals surface area contributed by atoms with E-state index >= 15 is 0 Å². The number of amides is 2. The fourth-order valence-corrected chi connectivity index (χ4v) is 1.95. The second kappa shape index (κ2) is 5.60. The van der Waals surface area contributed by atoms with Crippen molar-refractivity contribution in [3.8, 4) is 0 Å². The van der Waals surface area contributed by atoms with E-state index in [0.717, 1.165) is 11.3 Å². The zero-order chi connectivity index (χ0) is 14.7. The van der Waals surface area contributed by atoms with Gasteiger partial charge in [-0.3, -0.25) is 14.4 Å². The average Bonchev–Trinajstić information content (AvgIpc) is 2.74. The lowest BCUT2D eigenvalue weighted by Gasteiger charge is -2.10. The highest BCUT2D eigenvalue weighted by atomic mass is 16.2. The Morgan fingerprint density at radius 1 is 1.40 bits per heavy atom. The first-order valence-corrected chi connectivity index (χ1v) is 6.04. The van der Waals surface area contributed by atoms with Gasteiger partial charge in [0, 0.05) is 18.4 Å². The number of anilines is 2. The summed E-state index contributed by atoms with van der Waals surface area (Å²) in [4.78, 5) is 34.5. The Kier molecular flexibility index (Phi) is 3.88. The maximum Gasteiger partial charge on any atom is 0.258 e. The van der Waals surface area contributed by atoms with Crippen LogP contribution in [0.3, 0.4) is 0 Å². The molecule has 2 amide bonds. The predicted molar refractivity (Wildman–Crippen MR) is 72.7 cm³/mol. The molecule has 104 valence electrons. The van der Waals surface area contributed by atoms with Crippen molar-refractivity contribution in [1.29, 1.82) is 0 Å². The number of nitrogens with zero attached hydrogens (tertiary/aromatic N) is 2. The van der Waals surface area contributed by atoms with E-state index in [1.165, 1.54) is 14.0 Å². The molecular weight excluding hydrogens is 260 g/mol. The Labute approximate surface area is 115 Å². The third-order valence-electron chi connectivity index (χ3n) is 2.86. The van der Waals surface area contributed by atoms with Crippen molar-refractivity contribution in [3.63, 3.8) is 0 Å². The summed E-state index contributed by atoms with van der Waals surface area (Å²) in [6, 6.07) is 3.92. The van der Waals surface area contributed by atoms with Crippen LogP contribution in [0.2, 0.25) is 0 Å². The molecule has 1 aromatic carbocycles. The van der Waals surface area contributed by atoms with Gasteiger partial charge in [-0.25, -0.2) is 0 Å². The lowest BCUT2D eigenvalue weighted by molar-refractivity contribution is -0.126. The second-order valence-electron chi connectivity index (χ2n) is 4.41. The first-order chi connectivity index (χ1) is 9.51. The Hall–Kier alpha value is -2.57. The first kappa shape index (κ1) is 13.9. The predicted octanol–water partition coefficient (Wildman–Crippen LogP) is 1.16. The van der Waals surface area contributed by atoms with Gasteiger partial charge in [0.1, 0.15) is 0 Å². The van der Waals surface area contributed by atoms with Crippen LogP contribution in [0, 0.1) is 0 Å². The zero-order valence-corrected chi connectivity index (χ0v) is 11.1. The van der Waals surface area contributed by atoms with Crippen molar-refractivity contribution in [3.05, 3.63) is 23.8 Å². The number of carbonyl (C=O) groups excluding carboxylic acids is 3. The number of azo groups is 1. The van der Waals surface area contributed by atoms with E-state index in [1.807, 2.05) is 0 Å². The molecule has 0 spiro atoms. The lowest BCUT2D eigenvalue weighted by atomic mass is 10.1. The first-order valence-electron chi connectivity index (χ1n) is 6.04. The van der Waals surface area contributed by atoms with E-state index in [0.29, 0.717) is 5.69 Å². The largest absolute Gasteiger partial charge is 0.326 e. The zero-order valence-electron chi connectivity index (χ0n) is 11.1. The van der Waals surface area contributed by atoms with Crippen LogP contribution in [0.5, 0.6) is 0 Å². The van der Waals surface area contributed by atoms with Crippen LogP contribution in [0.1, 0.15) is 12.5 Å². The Bertz CT molecular complexity index is 610. The monoisotopic (exact) mass is 274 g/mol. The SMILES string of the molecule is CN=NC(C(C)=O)C(=O)Nc1ccc2c(c1)CC(=O)N2. The van der Waals surface area contributed by atoms with Gasteiger partial charge in [0.25, 0.3) is 5.91 Å². The Morgan fingerprint density at radius 2 is 2.15 bits per heavy atom. The quantitative estimate of drug-likeness (QED) is 0.636. The number of ketones is 1. The average molecular weight is 274 g/mol. The van der Waals surface area contributed by atoms with Crippen molar-refractivity contribution in [2.75, 3.05) is 17.7 Å². The van der Waals surface area contributed by atoms with Crippen LogP contribution in [-0.4, -0.2) is 30.7 Å². The summed E-state index contributed by atoms with van der Waals surface area (Å²) in [6.07, 6.45) is 0.282. The van der Waals surface area contributed by atoms with Gasteiger partial charge in [0.2, 0.25) is 11.9 Å². The van der Waals surface area contributed by atoms with Crippen LogP contribution in [0.25, 0.3) is 0 Å². The van der Waals surface area contributed by atoms with Crippen molar-refractivity contribution in [1.82, 2.24) is 0 Å². The van der Waals surface area contributed by atoms with Crippen molar-refractivity contribution in [2.45, 2.75) is 19.4 Å². The van der Waals surface area contributed by atoms with Crippen LogP contribution in [0.15, 0.2) is 28.4 Å². The number of hydrogen-bond acceptors (Lipinski definition) is 5. The number of benzene rings is 1. The van der Waals surface area contributed by atoms with Crippen molar-refractivity contribution < 1.29 is 14.4 Å². The molecule has 0 aromatic heterocycles. The molecule has 7 nitrogen and oxygen atoms in total. The van der Waals surface area contributed by atoms with Gasteiger partial charge >= 0.3 is 0 Å². The molecule has 7 heteroatoms. The standard InChI is InChI=1S/C13H14N4O3/c1-7(18)12(17-14-2)13(20)15-9-3-4-10-8(5-9)6-11(19)16-10/h3-5,12H,6H2,1-2H3,(H,15,20)(H,16,19). The molecule has 0 fully saturated rings. The van der Waals surface area contributed by atoms with Gasteiger partial charge in [-0.2, -0.15) is 10.2 Å². The minimum Gasteiger partial charge on any atom is -0.326 e. The van der Waals surface area contributed by atoms with Crippen molar-refractivity contribution in [2.24, 2.45) is 10.2 Å². The Morgan fingerprint density at radius 3 is 2.80 bits per heavy atom. The lowest BCUT2D eigenvalue weighted by Crippen LogP contribution is -2.31. The smallest absolute Gasteiger partial charge is 0.258 e. The molecule has 2 N–H and O–H groups in total. The van der Waals surface area contributed by atoms with E-state index in [1.54, 1.807) is 18.2 Å². The molecule has 0 saturated heterocycles. The number of fused-ring (bicyclic) bond motifs is 1. The topological polar surface area (TPSA) is 100.0 Å². The van der Waals surface area contributed by atoms with E-state index in [2.05, 4.69) is 20.9 Å². The Balaban J connectivity index is 2.14. The maximum absolute atomic E-state index is 11.9. The number of carbonyl (C=O) groups is 3. The molecule has 0 saturated carbocycles. The highest BCUT2D eigenvalue weighted by Gasteiger charge is 2.24. The third-order valence-corrected chi connectivity index (χ3v) is 2.86. The van der Waals surface area contributed by atoms with Gasteiger partial charge in [0.05, 0.1) is 6.42 Å². The molecule has 1 aliphatic heterocycles. The molecule has 1 atom stereocenters. The van der Waals surface area contributed by atoms with E-state index in [4.69, 9.17) is 0 Å². The van der Waals surface area contributed by atoms with Gasteiger partial charge in [-0.1, -0.05) is 0 Å². The molecule has 0 aliphatic carbocycles. The van der Waals surface area contributed by atoms with Crippen LogP contribution in [0.4, 0.5) is 11.4 Å². The molecule has 1 aliphatic rings. The van der Waals surface area contributed by atoms with E-state index in [-0.39, 0.29) is 18.1 Å². The van der Waals surface area contributed by atoms with Gasteiger partial charge in [-0.15, -0.1) is 0 Å². The van der Waals surface area contributed by atoms with Crippen LogP contribution in [-0.2, 0) is 20.8 Å². The van der Waals surface area contributed by atoms with E-state index < -0.39 is 11.9 Å². The molecule has 20 heavy (non-hydrogen) atoms. The summed E-state index contributed by atoms with van der Waals surface area (Å²) in [7, 11) is 1.40. The number of nitrogens with one attached hydrogen (secondary N) is 2. The fourth-order valence-electron chi connectivity index (χ4n) is 1.95. The minimum absolute atomic E-state index is 0.0788. The highest BCUT2D eigenvalue weighted by Crippen LogP contribution is 2.26. The summed E-state index contributed by atoms with van der Waals surface area (Å²) < 4.78 is 0. The fraction of sp³-hybridized carbons (Fsp3) is 0.308. The number of Topliss-reactive ketones (excluding diaryl/α,β-unsaturated/α-hetero) is 1. The molecule has 1 unspecified atom stereocenters.